The maximum Gasteiger partial charge on any atom is 0.0622 e. The number of fused-ring (bicyclic) bond motifs is 14. The van der Waals surface area contributed by atoms with Gasteiger partial charge in [-0.1, -0.05) is 173 Å². The SMILES string of the molecule is CC1(C)c2ccccc2-c2c1ccc1c3ccccc3n(-c3ccccc3-c3ccccc3-n3c4ccccc4c4ccc5c(c43)-c3ccccc3C5(C)C)c21. The Bertz CT molecular complexity index is 3090. The van der Waals surface area contributed by atoms with Gasteiger partial charge in [-0.3, -0.25) is 0 Å². The van der Waals surface area contributed by atoms with Crippen molar-refractivity contribution >= 4 is 43.6 Å². The highest BCUT2D eigenvalue weighted by Crippen LogP contribution is 2.55. The molecular formula is C54H40N2. The third-order valence-corrected chi connectivity index (χ3v) is 13.3. The van der Waals surface area contributed by atoms with Gasteiger partial charge >= 0.3 is 0 Å². The molecule has 0 fully saturated rings. The number of aromatic nitrogens is 2. The largest absolute Gasteiger partial charge is 0.308 e. The van der Waals surface area contributed by atoms with E-state index in [0.717, 1.165) is 0 Å². The first kappa shape index (κ1) is 31.7. The highest BCUT2D eigenvalue weighted by Gasteiger charge is 2.39. The lowest BCUT2D eigenvalue weighted by molar-refractivity contribution is 0.660. The van der Waals surface area contributed by atoms with Gasteiger partial charge < -0.3 is 9.13 Å². The summed E-state index contributed by atoms with van der Waals surface area (Å²) >= 11 is 0. The maximum absolute atomic E-state index is 2.57. The molecule has 266 valence electrons. The van der Waals surface area contributed by atoms with Crippen LogP contribution >= 0.6 is 0 Å². The molecule has 2 aliphatic rings. The van der Waals surface area contributed by atoms with Crippen LogP contribution in [-0.4, -0.2) is 9.13 Å². The number of nitrogens with zero attached hydrogens (tertiary/aromatic N) is 2. The van der Waals surface area contributed by atoms with Gasteiger partial charge in [0.1, 0.15) is 0 Å². The van der Waals surface area contributed by atoms with Gasteiger partial charge in [0.25, 0.3) is 0 Å². The van der Waals surface area contributed by atoms with Gasteiger partial charge in [0.05, 0.1) is 33.4 Å². The van der Waals surface area contributed by atoms with Gasteiger partial charge in [-0.05, 0) is 57.6 Å². The smallest absolute Gasteiger partial charge is 0.0622 e. The Morgan fingerprint density at radius 1 is 0.304 bits per heavy atom. The minimum Gasteiger partial charge on any atom is -0.308 e. The Hall–Kier alpha value is -6.64. The van der Waals surface area contributed by atoms with Crippen LogP contribution in [0.3, 0.4) is 0 Å². The molecule has 0 spiro atoms. The Labute approximate surface area is 326 Å². The van der Waals surface area contributed by atoms with E-state index in [4.69, 9.17) is 0 Å². The van der Waals surface area contributed by atoms with E-state index in [1.807, 2.05) is 0 Å². The van der Waals surface area contributed by atoms with Crippen LogP contribution in [0.5, 0.6) is 0 Å². The van der Waals surface area contributed by atoms with Crippen LogP contribution in [0.1, 0.15) is 49.9 Å². The third kappa shape index (κ3) is 3.91. The zero-order valence-corrected chi connectivity index (χ0v) is 32.1. The van der Waals surface area contributed by atoms with Gasteiger partial charge in [0.15, 0.2) is 0 Å². The van der Waals surface area contributed by atoms with E-state index in [0.29, 0.717) is 0 Å². The Balaban J connectivity index is 1.20. The monoisotopic (exact) mass is 716 g/mol. The van der Waals surface area contributed by atoms with Crippen LogP contribution in [-0.2, 0) is 10.8 Å². The minimum absolute atomic E-state index is 0.0997. The molecule has 12 rings (SSSR count). The summed E-state index contributed by atoms with van der Waals surface area (Å²) in [5.74, 6) is 0. The van der Waals surface area contributed by atoms with E-state index in [1.54, 1.807) is 0 Å². The molecule has 56 heavy (non-hydrogen) atoms. The predicted molar refractivity (Wildman–Crippen MR) is 236 cm³/mol. The van der Waals surface area contributed by atoms with Gasteiger partial charge in [0, 0.05) is 54.6 Å². The molecule has 2 nitrogen and oxygen atoms in total. The Morgan fingerprint density at radius 3 is 1.11 bits per heavy atom. The molecule has 0 saturated carbocycles. The van der Waals surface area contributed by atoms with E-state index in [1.165, 1.54) is 111 Å². The molecule has 2 aromatic heterocycles. The molecule has 0 radical (unpaired) electrons. The number of hydrogen-bond acceptors (Lipinski definition) is 0. The quantitative estimate of drug-likeness (QED) is 0.172. The number of hydrogen-bond donors (Lipinski definition) is 0. The average molecular weight is 717 g/mol. The molecule has 2 heteroatoms. The molecule has 0 atom stereocenters. The molecule has 10 aromatic rings. The van der Waals surface area contributed by atoms with Gasteiger partial charge in [-0.2, -0.15) is 0 Å². The van der Waals surface area contributed by atoms with Crippen LogP contribution in [0.25, 0.3) is 88.4 Å². The second kappa shape index (κ2) is 11.0. The van der Waals surface area contributed by atoms with E-state index < -0.39 is 0 Å². The summed E-state index contributed by atoms with van der Waals surface area (Å²) in [5.41, 5.74) is 20.5. The van der Waals surface area contributed by atoms with Crippen LogP contribution in [0.2, 0.25) is 0 Å². The lowest BCUT2D eigenvalue weighted by Crippen LogP contribution is -2.14. The average Bonchev–Trinajstić information content (AvgIpc) is 3.90. The first-order chi connectivity index (χ1) is 27.4. The van der Waals surface area contributed by atoms with E-state index in [-0.39, 0.29) is 10.8 Å². The summed E-state index contributed by atoms with van der Waals surface area (Å²) in [4.78, 5) is 0. The van der Waals surface area contributed by atoms with Crippen LogP contribution in [0.15, 0.2) is 170 Å². The highest BCUT2D eigenvalue weighted by atomic mass is 15.0. The molecular weight excluding hydrogens is 677 g/mol. The minimum atomic E-state index is -0.0997. The molecule has 0 aliphatic heterocycles. The summed E-state index contributed by atoms with van der Waals surface area (Å²) in [7, 11) is 0. The maximum atomic E-state index is 2.57. The van der Waals surface area contributed by atoms with Crippen LogP contribution < -0.4 is 0 Å². The molecule has 0 N–H and O–H groups in total. The van der Waals surface area contributed by atoms with Crippen molar-refractivity contribution in [3.8, 4) is 44.8 Å². The fraction of sp³-hybridized carbons (Fsp3) is 0.111. The van der Waals surface area contributed by atoms with Crippen molar-refractivity contribution < 1.29 is 0 Å². The van der Waals surface area contributed by atoms with Crippen molar-refractivity contribution in [2.75, 3.05) is 0 Å². The van der Waals surface area contributed by atoms with Gasteiger partial charge in [-0.15, -0.1) is 0 Å². The van der Waals surface area contributed by atoms with Crippen molar-refractivity contribution in [3.63, 3.8) is 0 Å². The summed E-state index contributed by atoms with van der Waals surface area (Å²) in [6.07, 6.45) is 0. The summed E-state index contributed by atoms with van der Waals surface area (Å²) in [5, 5.41) is 5.12. The van der Waals surface area contributed by atoms with Crippen molar-refractivity contribution in [1.29, 1.82) is 0 Å². The lowest BCUT2D eigenvalue weighted by atomic mass is 9.82. The first-order valence-electron chi connectivity index (χ1n) is 19.9. The fourth-order valence-corrected chi connectivity index (χ4v) is 10.8. The summed E-state index contributed by atoms with van der Waals surface area (Å²) < 4.78 is 5.13. The zero-order valence-electron chi connectivity index (χ0n) is 32.1. The van der Waals surface area contributed by atoms with Crippen molar-refractivity contribution in [2.24, 2.45) is 0 Å². The molecule has 2 heterocycles. The number of rotatable bonds is 3. The van der Waals surface area contributed by atoms with Gasteiger partial charge in [-0.25, -0.2) is 0 Å². The summed E-state index contributed by atoms with van der Waals surface area (Å²) in [6, 6.07) is 63.6. The lowest BCUT2D eigenvalue weighted by Gasteiger charge is -2.22. The standard InChI is InChI=1S/C54H40N2/c1-53(2)41-23-11-5-21-39(41)49-43(53)31-29-37-35-19-9-15-27-47(35)55(51(37)49)45-25-13-7-17-33(45)34-18-8-14-26-46(34)56-48-28-16-10-20-36(48)38-30-32-44-50(52(38)56)40-22-6-12-24-42(40)54(44,3)4/h5-32H,1-4H3. The predicted octanol–water partition coefficient (Wildman–Crippen LogP) is 14.2. The van der Waals surface area contributed by atoms with E-state index in [9.17, 15) is 0 Å². The molecule has 2 aliphatic carbocycles. The number of benzene rings is 8. The number of para-hydroxylation sites is 4. The van der Waals surface area contributed by atoms with Crippen LogP contribution in [0, 0.1) is 0 Å². The normalized spacial score (nSPS) is 14.7. The fourth-order valence-electron chi connectivity index (χ4n) is 10.8. The Morgan fingerprint density at radius 2 is 0.661 bits per heavy atom. The van der Waals surface area contributed by atoms with E-state index >= 15 is 0 Å². The Kier molecular flexibility index (Phi) is 6.22. The topological polar surface area (TPSA) is 9.86 Å². The van der Waals surface area contributed by atoms with Gasteiger partial charge in [0.2, 0.25) is 0 Å². The second-order valence-corrected chi connectivity index (χ2v) is 16.8. The zero-order chi connectivity index (χ0) is 37.5. The highest BCUT2D eigenvalue weighted by molar-refractivity contribution is 6.17. The van der Waals surface area contributed by atoms with Crippen molar-refractivity contribution in [1.82, 2.24) is 9.13 Å². The molecule has 0 bridgehead atoms. The molecule has 0 amide bonds. The van der Waals surface area contributed by atoms with Crippen molar-refractivity contribution in [3.05, 3.63) is 192 Å². The summed E-state index contributed by atoms with van der Waals surface area (Å²) in [6.45, 7) is 9.51. The third-order valence-electron chi connectivity index (χ3n) is 13.3. The molecule has 0 unspecified atom stereocenters. The second-order valence-electron chi connectivity index (χ2n) is 16.8. The van der Waals surface area contributed by atoms with Crippen LogP contribution in [0.4, 0.5) is 0 Å². The molecule has 0 saturated heterocycles. The first-order valence-corrected chi connectivity index (χ1v) is 19.9. The van der Waals surface area contributed by atoms with E-state index in [2.05, 4.69) is 207 Å². The molecule has 8 aromatic carbocycles. The van der Waals surface area contributed by atoms with Crippen molar-refractivity contribution in [2.45, 2.75) is 38.5 Å².